The van der Waals surface area contributed by atoms with Crippen LogP contribution in [0.3, 0.4) is 0 Å². The maximum atomic E-state index is 2.33. The van der Waals surface area contributed by atoms with Crippen molar-refractivity contribution in [1.82, 2.24) is 0 Å². The first-order valence-corrected chi connectivity index (χ1v) is 8.64. The van der Waals surface area contributed by atoms with Gasteiger partial charge in [-0.2, -0.15) is 0 Å². The maximum absolute atomic E-state index is 2.33. The molecule has 0 fully saturated rings. The molecule has 0 aliphatic carbocycles. The van der Waals surface area contributed by atoms with Gasteiger partial charge in [0.25, 0.3) is 0 Å². The van der Waals surface area contributed by atoms with E-state index in [4.69, 9.17) is 0 Å². The first-order valence-electron chi connectivity index (χ1n) is 8.64. The third-order valence-corrected chi connectivity index (χ3v) is 5.31. The Morgan fingerprint density at radius 3 is 2.04 bits per heavy atom. The first kappa shape index (κ1) is 13.8. The van der Waals surface area contributed by atoms with Gasteiger partial charge in [-0.15, -0.1) is 0 Å². The van der Waals surface area contributed by atoms with Crippen molar-refractivity contribution in [1.29, 1.82) is 0 Å². The topological polar surface area (TPSA) is 0 Å². The predicted octanol–water partition coefficient (Wildman–Crippen LogP) is 7.03. The highest BCUT2D eigenvalue weighted by molar-refractivity contribution is 6.29. The van der Waals surface area contributed by atoms with Gasteiger partial charge >= 0.3 is 0 Å². The lowest BCUT2D eigenvalue weighted by Gasteiger charge is -2.23. The van der Waals surface area contributed by atoms with Gasteiger partial charge < -0.3 is 0 Å². The fourth-order valence-corrected chi connectivity index (χ4v) is 4.21. The highest BCUT2D eigenvalue weighted by Gasteiger charge is 2.19. The van der Waals surface area contributed by atoms with Crippen LogP contribution in [0.5, 0.6) is 0 Å². The molecule has 0 heterocycles. The van der Waals surface area contributed by atoms with Crippen LogP contribution >= 0.6 is 0 Å². The molecule has 0 radical (unpaired) electrons. The standard InChI is InChI=1S/C24H20/c1-24(2,3)21-13-10-15-8-9-17-14-16-6-4-5-7-18(16)19-11-12-20(21)22(15)23(17)19/h4-14H,1-3H3. The van der Waals surface area contributed by atoms with E-state index in [-0.39, 0.29) is 5.41 Å². The Labute approximate surface area is 142 Å². The van der Waals surface area contributed by atoms with Crippen molar-refractivity contribution in [2.45, 2.75) is 26.2 Å². The second-order valence-electron chi connectivity index (χ2n) is 7.88. The smallest absolute Gasteiger partial charge is 0.00202 e. The zero-order valence-corrected chi connectivity index (χ0v) is 14.4. The molecule has 5 aromatic rings. The Hall–Kier alpha value is -2.60. The first-order chi connectivity index (χ1) is 11.5. The molecular formula is C24H20. The van der Waals surface area contributed by atoms with Crippen molar-refractivity contribution in [3.8, 4) is 0 Å². The molecule has 24 heavy (non-hydrogen) atoms. The van der Waals surface area contributed by atoms with Gasteiger partial charge in [0.2, 0.25) is 0 Å². The molecule has 0 aliphatic rings. The zero-order chi connectivity index (χ0) is 16.5. The average Bonchev–Trinajstić information content (AvgIpc) is 2.58. The predicted molar refractivity (Wildman–Crippen MR) is 106 cm³/mol. The highest BCUT2D eigenvalue weighted by atomic mass is 14.2. The van der Waals surface area contributed by atoms with Crippen molar-refractivity contribution in [3.05, 3.63) is 72.3 Å². The largest absolute Gasteiger partial charge is 0.0616 e. The molecule has 0 spiro atoms. The third-order valence-electron chi connectivity index (χ3n) is 5.31. The van der Waals surface area contributed by atoms with Crippen LogP contribution in [0, 0.1) is 0 Å². The molecule has 116 valence electrons. The Bertz CT molecular complexity index is 1220. The summed E-state index contributed by atoms with van der Waals surface area (Å²) in [5, 5.41) is 10.9. The lowest BCUT2D eigenvalue weighted by Crippen LogP contribution is -2.11. The number of hydrogen-bond acceptors (Lipinski definition) is 0. The molecular weight excluding hydrogens is 288 g/mol. The van der Waals surface area contributed by atoms with E-state index in [9.17, 15) is 0 Å². The molecule has 0 saturated carbocycles. The molecule has 0 heteroatoms. The average molecular weight is 308 g/mol. The van der Waals surface area contributed by atoms with E-state index in [2.05, 4.69) is 87.5 Å². The summed E-state index contributed by atoms with van der Waals surface area (Å²) in [6.07, 6.45) is 0. The van der Waals surface area contributed by atoms with Gasteiger partial charge in [0.05, 0.1) is 0 Å². The van der Waals surface area contributed by atoms with E-state index in [0.717, 1.165) is 0 Å². The fourth-order valence-electron chi connectivity index (χ4n) is 4.21. The number of benzene rings is 5. The highest BCUT2D eigenvalue weighted by Crippen LogP contribution is 2.41. The van der Waals surface area contributed by atoms with E-state index >= 15 is 0 Å². The summed E-state index contributed by atoms with van der Waals surface area (Å²) in [4.78, 5) is 0. The van der Waals surface area contributed by atoms with E-state index < -0.39 is 0 Å². The summed E-state index contributed by atoms with van der Waals surface area (Å²) in [6.45, 7) is 6.90. The summed E-state index contributed by atoms with van der Waals surface area (Å²) in [6, 6.07) is 24.8. The second kappa shape index (κ2) is 4.48. The molecule has 0 atom stereocenters. The van der Waals surface area contributed by atoms with Crippen LogP contribution in [0.1, 0.15) is 26.3 Å². The summed E-state index contributed by atoms with van der Waals surface area (Å²) < 4.78 is 0. The van der Waals surface area contributed by atoms with E-state index in [1.165, 1.54) is 48.7 Å². The van der Waals surface area contributed by atoms with Crippen molar-refractivity contribution in [2.24, 2.45) is 0 Å². The van der Waals surface area contributed by atoms with Gasteiger partial charge in [0.1, 0.15) is 0 Å². The fraction of sp³-hybridized carbons (Fsp3) is 0.167. The lowest BCUT2D eigenvalue weighted by molar-refractivity contribution is 0.596. The minimum absolute atomic E-state index is 0.143. The Morgan fingerprint density at radius 1 is 0.542 bits per heavy atom. The second-order valence-corrected chi connectivity index (χ2v) is 7.88. The van der Waals surface area contributed by atoms with Crippen LogP contribution in [0.25, 0.3) is 43.1 Å². The van der Waals surface area contributed by atoms with E-state index in [1.807, 2.05) is 0 Å². The zero-order valence-electron chi connectivity index (χ0n) is 14.4. The summed E-state index contributed by atoms with van der Waals surface area (Å²) in [5.74, 6) is 0. The normalized spacial score (nSPS) is 12.8. The third kappa shape index (κ3) is 1.74. The van der Waals surface area contributed by atoms with Crippen LogP contribution in [-0.2, 0) is 5.41 Å². The molecule has 5 rings (SSSR count). The molecule has 0 unspecified atom stereocenters. The Balaban J connectivity index is 2.10. The van der Waals surface area contributed by atoms with Gasteiger partial charge in [-0.3, -0.25) is 0 Å². The van der Waals surface area contributed by atoms with E-state index in [0.29, 0.717) is 0 Å². The molecule has 0 bridgehead atoms. The summed E-state index contributed by atoms with van der Waals surface area (Å²) in [5.41, 5.74) is 1.57. The van der Waals surface area contributed by atoms with Gasteiger partial charge in [-0.05, 0) is 60.1 Å². The minimum atomic E-state index is 0.143. The maximum Gasteiger partial charge on any atom is -0.00202 e. The van der Waals surface area contributed by atoms with Gasteiger partial charge in [-0.1, -0.05) is 81.4 Å². The van der Waals surface area contributed by atoms with Crippen LogP contribution in [-0.4, -0.2) is 0 Å². The van der Waals surface area contributed by atoms with Gasteiger partial charge in [-0.25, -0.2) is 0 Å². The van der Waals surface area contributed by atoms with E-state index in [1.54, 1.807) is 0 Å². The minimum Gasteiger partial charge on any atom is -0.0616 e. The molecule has 0 amide bonds. The summed E-state index contributed by atoms with van der Waals surface area (Å²) >= 11 is 0. The SMILES string of the molecule is CC(C)(C)c1ccc2ccc3cc4ccccc4c4ccc1c2c34. The molecule has 0 nitrogen and oxygen atoms in total. The van der Waals surface area contributed by atoms with Gasteiger partial charge in [0.15, 0.2) is 0 Å². The Morgan fingerprint density at radius 2 is 1.21 bits per heavy atom. The van der Waals surface area contributed by atoms with Crippen LogP contribution < -0.4 is 0 Å². The van der Waals surface area contributed by atoms with Crippen LogP contribution in [0.4, 0.5) is 0 Å². The monoisotopic (exact) mass is 308 g/mol. The molecule has 0 saturated heterocycles. The number of hydrogen-bond donors (Lipinski definition) is 0. The van der Waals surface area contributed by atoms with Crippen molar-refractivity contribution < 1.29 is 0 Å². The quantitative estimate of drug-likeness (QED) is 0.213. The molecule has 5 aromatic carbocycles. The molecule has 0 N–H and O–H groups in total. The Kier molecular flexibility index (Phi) is 2.58. The van der Waals surface area contributed by atoms with Crippen LogP contribution in [0.15, 0.2) is 66.7 Å². The molecule has 0 aliphatic heterocycles. The lowest BCUT2D eigenvalue weighted by atomic mass is 9.81. The number of fused-ring (bicyclic) bond motifs is 2. The van der Waals surface area contributed by atoms with Crippen molar-refractivity contribution >= 4 is 43.1 Å². The number of rotatable bonds is 0. The van der Waals surface area contributed by atoms with Crippen LogP contribution in [0.2, 0.25) is 0 Å². The van der Waals surface area contributed by atoms with Gasteiger partial charge in [0, 0.05) is 0 Å². The summed E-state index contributed by atoms with van der Waals surface area (Å²) in [7, 11) is 0. The van der Waals surface area contributed by atoms with Crippen molar-refractivity contribution in [2.75, 3.05) is 0 Å². The van der Waals surface area contributed by atoms with Crippen molar-refractivity contribution in [3.63, 3.8) is 0 Å². The molecule has 0 aromatic heterocycles.